The monoisotopic (exact) mass is 995 g/mol. The van der Waals surface area contributed by atoms with Crippen LogP contribution in [-0.2, 0) is 38.1 Å². The summed E-state index contributed by atoms with van der Waals surface area (Å²) >= 11 is 0. The fraction of sp³-hybridized carbons (Fsp3) is 0.931. The van der Waals surface area contributed by atoms with Gasteiger partial charge in [-0.25, -0.2) is 0 Å². The number of likely N-dealkylation sites (N-methyl/N-ethyl adjacent to an activating group) is 2. The molecule has 12 nitrogen and oxygen atoms in total. The lowest BCUT2D eigenvalue weighted by atomic mass is 10.1. The van der Waals surface area contributed by atoms with E-state index in [1.165, 1.54) is 161 Å². The van der Waals surface area contributed by atoms with Gasteiger partial charge in [0.15, 0.2) is 0 Å². The van der Waals surface area contributed by atoms with E-state index in [2.05, 4.69) is 54.5 Å². The zero-order valence-corrected chi connectivity index (χ0v) is 47.0. The van der Waals surface area contributed by atoms with E-state index in [9.17, 15) is 19.2 Å². The van der Waals surface area contributed by atoms with Crippen molar-refractivity contribution in [3.05, 3.63) is 0 Å². The van der Waals surface area contributed by atoms with Crippen LogP contribution in [0.25, 0.3) is 0 Å². The van der Waals surface area contributed by atoms with Crippen molar-refractivity contribution in [2.24, 2.45) is 0 Å². The first-order chi connectivity index (χ1) is 34.1. The van der Waals surface area contributed by atoms with Crippen molar-refractivity contribution in [2.45, 2.75) is 245 Å². The minimum Gasteiger partial charge on any atom is -0.469 e. The van der Waals surface area contributed by atoms with E-state index in [1.54, 1.807) is 0 Å². The first kappa shape index (κ1) is 67.7. The van der Waals surface area contributed by atoms with Crippen LogP contribution in [-0.4, -0.2) is 150 Å². The second-order valence-corrected chi connectivity index (χ2v) is 20.4. The SMILES string of the molecule is CCCCCCCCCCCCOC(=O)CCN(CCC(=O)OC)CCN(C)CCCN(C)CCN(CCC(=O)OCCCCCCCCCCCC)CCC(=O)OCCCCCCCCCCCC. The maximum absolute atomic E-state index is 12.8. The Hall–Kier alpha value is -2.28. The van der Waals surface area contributed by atoms with Gasteiger partial charge < -0.3 is 38.5 Å². The molecule has 414 valence electrons. The van der Waals surface area contributed by atoms with E-state index in [0.29, 0.717) is 65.3 Å². The van der Waals surface area contributed by atoms with Crippen LogP contribution in [0.3, 0.4) is 0 Å². The summed E-state index contributed by atoms with van der Waals surface area (Å²) in [5, 5.41) is 0. The fourth-order valence-electron chi connectivity index (χ4n) is 8.77. The van der Waals surface area contributed by atoms with Gasteiger partial charge in [-0.1, -0.05) is 194 Å². The zero-order valence-electron chi connectivity index (χ0n) is 47.0. The van der Waals surface area contributed by atoms with Gasteiger partial charge in [-0.2, -0.15) is 0 Å². The highest BCUT2D eigenvalue weighted by atomic mass is 16.5. The molecular formula is C58H114N4O8. The summed E-state index contributed by atoms with van der Waals surface area (Å²) < 4.78 is 21.7. The molecule has 0 rings (SSSR count). The van der Waals surface area contributed by atoms with Crippen LogP contribution in [0.15, 0.2) is 0 Å². The third-order valence-corrected chi connectivity index (χ3v) is 13.7. The number of carbonyl (C=O) groups excluding carboxylic acids is 4. The molecule has 0 aromatic rings. The van der Waals surface area contributed by atoms with Crippen molar-refractivity contribution in [3.63, 3.8) is 0 Å². The van der Waals surface area contributed by atoms with Gasteiger partial charge in [-0.05, 0) is 52.9 Å². The number of methoxy groups -OCH3 is 1. The molecule has 0 aliphatic rings. The van der Waals surface area contributed by atoms with Gasteiger partial charge in [-0.15, -0.1) is 0 Å². The Balaban J connectivity index is 4.75. The molecule has 0 amide bonds. The molecule has 0 spiro atoms. The average molecular weight is 996 g/mol. The summed E-state index contributed by atoms with van der Waals surface area (Å²) in [6.45, 7) is 15.4. The van der Waals surface area contributed by atoms with E-state index >= 15 is 0 Å². The Kier molecular flexibility index (Phi) is 51.3. The van der Waals surface area contributed by atoms with Gasteiger partial charge in [0, 0.05) is 52.4 Å². The van der Waals surface area contributed by atoms with E-state index in [-0.39, 0.29) is 30.3 Å². The maximum atomic E-state index is 12.8. The molecule has 0 aromatic carbocycles. The quantitative estimate of drug-likeness (QED) is 0.0328. The van der Waals surface area contributed by atoms with Crippen LogP contribution in [0.2, 0.25) is 0 Å². The van der Waals surface area contributed by atoms with E-state index in [0.717, 1.165) is 84.2 Å². The molecule has 0 fully saturated rings. The summed E-state index contributed by atoms with van der Waals surface area (Å²) in [6, 6.07) is 0. The Morgan fingerprint density at radius 3 is 0.786 bits per heavy atom. The first-order valence-corrected chi connectivity index (χ1v) is 29.5. The second-order valence-electron chi connectivity index (χ2n) is 20.4. The molecule has 0 radical (unpaired) electrons. The third-order valence-electron chi connectivity index (χ3n) is 13.7. The van der Waals surface area contributed by atoms with E-state index in [4.69, 9.17) is 18.9 Å². The highest BCUT2D eigenvalue weighted by Gasteiger charge is 2.16. The Morgan fingerprint density at radius 1 is 0.286 bits per heavy atom. The summed E-state index contributed by atoms with van der Waals surface area (Å²) in [5.74, 6) is -0.746. The molecule has 0 saturated heterocycles. The van der Waals surface area contributed by atoms with Gasteiger partial charge in [0.1, 0.15) is 0 Å². The number of esters is 4. The fourth-order valence-corrected chi connectivity index (χ4v) is 8.77. The molecule has 0 N–H and O–H groups in total. The lowest BCUT2D eigenvalue weighted by molar-refractivity contribution is -0.145. The number of hydrogen-bond acceptors (Lipinski definition) is 12. The molecule has 0 unspecified atom stereocenters. The van der Waals surface area contributed by atoms with Gasteiger partial charge in [-0.3, -0.25) is 19.2 Å². The van der Waals surface area contributed by atoms with Crippen molar-refractivity contribution >= 4 is 23.9 Å². The molecule has 0 heterocycles. The molecule has 70 heavy (non-hydrogen) atoms. The largest absolute Gasteiger partial charge is 0.469 e. The summed E-state index contributed by atoms with van der Waals surface area (Å²) in [7, 11) is 5.66. The average Bonchev–Trinajstić information content (AvgIpc) is 3.35. The Labute approximate surface area is 432 Å². The highest BCUT2D eigenvalue weighted by Crippen LogP contribution is 2.14. The molecule has 0 bridgehead atoms. The predicted molar refractivity (Wildman–Crippen MR) is 291 cm³/mol. The van der Waals surface area contributed by atoms with Crippen molar-refractivity contribution in [3.8, 4) is 0 Å². The van der Waals surface area contributed by atoms with Crippen LogP contribution in [0.4, 0.5) is 0 Å². The van der Waals surface area contributed by atoms with Gasteiger partial charge in [0.05, 0.1) is 52.6 Å². The summed E-state index contributed by atoms with van der Waals surface area (Å²) in [5.41, 5.74) is 0. The van der Waals surface area contributed by atoms with Crippen LogP contribution >= 0.6 is 0 Å². The van der Waals surface area contributed by atoms with Crippen molar-refractivity contribution in [1.82, 2.24) is 19.6 Å². The lowest BCUT2D eigenvalue weighted by Gasteiger charge is -2.27. The minimum atomic E-state index is -0.248. The lowest BCUT2D eigenvalue weighted by Crippen LogP contribution is -2.38. The molecular weight excluding hydrogens is 881 g/mol. The molecule has 0 aromatic heterocycles. The Bertz CT molecular complexity index is 1140. The normalized spacial score (nSPS) is 11.6. The smallest absolute Gasteiger partial charge is 0.307 e. The number of nitrogens with zero attached hydrogens (tertiary/aromatic N) is 4. The Morgan fingerprint density at radius 2 is 0.529 bits per heavy atom. The summed E-state index contributed by atoms with van der Waals surface area (Å²) in [6.07, 6.45) is 39.6. The van der Waals surface area contributed by atoms with Crippen LogP contribution in [0, 0.1) is 0 Å². The van der Waals surface area contributed by atoms with Gasteiger partial charge >= 0.3 is 23.9 Å². The number of unbranched alkanes of at least 4 members (excludes halogenated alkanes) is 27. The molecule has 0 aliphatic carbocycles. The van der Waals surface area contributed by atoms with Crippen LogP contribution in [0.1, 0.15) is 245 Å². The molecule has 12 heteroatoms. The number of hydrogen-bond donors (Lipinski definition) is 0. The minimum absolute atomic E-state index is 0.163. The highest BCUT2D eigenvalue weighted by molar-refractivity contribution is 5.70. The molecule has 0 atom stereocenters. The standard InChI is InChI=1S/C58H114N4O8/c1-7-10-13-16-19-22-25-28-31-34-52-68-56(64)39-45-61(44-38-55(63)67-6)50-48-59(4)42-37-43-60(5)49-51-62(46-40-57(65)69-53-35-32-29-26-23-20-17-14-11-8-2)47-41-58(66)70-54-36-33-30-27-24-21-18-15-12-9-3/h7-54H2,1-6H3. The second kappa shape index (κ2) is 53.0. The maximum Gasteiger partial charge on any atom is 0.307 e. The summed E-state index contributed by atoms with van der Waals surface area (Å²) in [4.78, 5) is 59.1. The van der Waals surface area contributed by atoms with Gasteiger partial charge in [0.25, 0.3) is 0 Å². The number of rotatable bonds is 55. The molecule has 0 aliphatic heterocycles. The van der Waals surface area contributed by atoms with Crippen molar-refractivity contribution in [2.75, 3.05) is 106 Å². The van der Waals surface area contributed by atoms with Crippen molar-refractivity contribution in [1.29, 1.82) is 0 Å². The topological polar surface area (TPSA) is 118 Å². The predicted octanol–water partition coefficient (Wildman–Crippen LogP) is 13.0. The van der Waals surface area contributed by atoms with Crippen LogP contribution < -0.4 is 0 Å². The first-order valence-electron chi connectivity index (χ1n) is 29.5. The van der Waals surface area contributed by atoms with Crippen molar-refractivity contribution < 1.29 is 38.1 Å². The number of ether oxygens (including phenoxy) is 4. The van der Waals surface area contributed by atoms with E-state index < -0.39 is 0 Å². The van der Waals surface area contributed by atoms with Gasteiger partial charge in [0.2, 0.25) is 0 Å². The third kappa shape index (κ3) is 49.3. The zero-order chi connectivity index (χ0) is 51.4. The molecule has 0 saturated carbocycles. The van der Waals surface area contributed by atoms with E-state index in [1.807, 2.05) is 0 Å². The number of carbonyl (C=O) groups is 4. The van der Waals surface area contributed by atoms with Crippen LogP contribution in [0.5, 0.6) is 0 Å².